The minimum atomic E-state index is -3.14. The maximum absolute atomic E-state index is 12.0. The Labute approximate surface area is 160 Å². The summed E-state index contributed by atoms with van der Waals surface area (Å²) >= 11 is 0. The van der Waals surface area contributed by atoms with E-state index in [0.717, 1.165) is 17.1 Å². The van der Waals surface area contributed by atoms with Crippen LogP contribution in [-0.2, 0) is 16.4 Å². The first-order chi connectivity index (χ1) is 13.0. The number of anilines is 2. The van der Waals surface area contributed by atoms with Crippen molar-refractivity contribution in [2.45, 2.75) is 13.3 Å². The Morgan fingerprint density at radius 2 is 1.85 bits per heavy atom. The van der Waals surface area contributed by atoms with Crippen molar-refractivity contribution in [3.8, 4) is 0 Å². The van der Waals surface area contributed by atoms with Crippen LogP contribution in [0.5, 0.6) is 0 Å². The number of hydrogen-bond donors (Lipinski definition) is 1. The molecule has 1 aliphatic heterocycles. The lowest BCUT2D eigenvalue weighted by atomic mass is 10.2. The smallest absolute Gasteiger partial charge is 0.213 e. The topological polar surface area (TPSA) is 92.4 Å². The molecule has 0 spiro atoms. The van der Waals surface area contributed by atoms with Gasteiger partial charge in [0, 0.05) is 32.6 Å². The van der Waals surface area contributed by atoms with E-state index in [9.17, 15) is 8.42 Å². The van der Waals surface area contributed by atoms with E-state index >= 15 is 0 Å². The van der Waals surface area contributed by atoms with Crippen molar-refractivity contribution in [1.82, 2.24) is 14.3 Å². The Balaban J connectivity index is 1.66. The molecule has 144 valence electrons. The number of hydrogen-bond acceptors (Lipinski definition) is 6. The quantitative estimate of drug-likeness (QED) is 0.812. The lowest BCUT2D eigenvalue weighted by Gasteiger charge is -2.34. The largest absolute Gasteiger partial charge is 0.382 e. The molecule has 0 radical (unpaired) electrons. The summed E-state index contributed by atoms with van der Waals surface area (Å²) in [6.07, 6.45) is 6.29. The Morgan fingerprint density at radius 3 is 2.52 bits per heavy atom. The zero-order valence-corrected chi connectivity index (χ0v) is 16.3. The summed E-state index contributed by atoms with van der Waals surface area (Å²) in [5.74, 6) is 1.29. The Kier molecular flexibility index (Phi) is 6.08. The molecule has 7 nitrogen and oxygen atoms in total. The number of allylic oxidation sites excluding steroid dienone is 1. The Morgan fingerprint density at radius 1 is 1.15 bits per heavy atom. The summed E-state index contributed by atoms with van der Waals surface area (Å²) in [6, 6.07) is 10.0. The molecular formula is C19H25N5O2S. The van der Waals surface area contributed by atoms with Gasteiger partial charge in [-0.2, -0.15) is 4.31 Å². The van der Waals surface area contributed by atoms with Crippen LogP contribution in [0, 0.1) is 0 Å². The van der Waals surface area contributed by atoms with Gasteiger partial charge in [0.1, 0.15) is 11.6 Å². The van der Waals surface area contributed by atoms with Crippen LogP contribution < -0.4 is 10.6 Å². The average molecular weight is 388 g/mol. The predicted octanol–water partition coefficient (Wildman–Crippen LogP) is 1.79. The number of nitrogens with two attached hydrogens (primary N) is 1. The van der Waals surface area contributed by atoms with E-state index in [1.807, 2.05) is 42.5 Å². The van der Waals surface area contributed by atoms with Crippen molar-refractivity contribution in [2.24, 2.45) is 0 Å². The second-order valence-corrected chi connectivity index (χ2v) is 8.62. The third-order valence-corrected chi connectivity index (χ3v) is 6.49. The van der Waals surface area contributed by atoms with Crippen LogP contribution in [0.4, 0.5) is 11.6 Å². The SMILES string of the molecule is CCS(=O)(=O)N1CCN(c2cnc(N)c(CC=Cc3ccccc3)n2)CC1. The number of piperazine rings is 1. The molecule has 1 aliphatic rings. The van der Waals surface area contributed by atoms with E-state index < -0.39 is 10.0 Å². The molecule has 0 bridgehead atoms. The molecule has 0 amide bonds. The van der Waals surface area contributed by atoms with Gasteiger partial charge in [-0.25, -0.2) is 18.4 Å². The van der Waals surface area contributed by atoms with Crippen molar-refractivity contribution in [3.05, 3.63) is 53.9 Å². The highest BCUT2D eigenvalue weighted by molar-refractivity contribution is 7.89. The minimum absolute atomic E-state index is 0.132. The molecule has 0 atom stereocenters. The predicted molar refractivity (Wildman–Crippen MR) is 109 cm³/mol. The maximum atomic E-state index is 12.0. The van der Waals surface area contributed by atoms with Crippen molar-refractivity contribution in [2.75, 3.05) is 42.6 Å². The zero-order valence-electron chi connectivity index (χ0n) is 15.5. The first-order valence-corrected chi connectivity index (χ1v) is 10.7. The number of sulfonamides is 1. The van der Waals surface area contributed by atoms with Gasteiger partial charge in [-0.05, 0) is 12.5 Å². The number of benzene rings is 1. The molecule has 2 aromatic rings. The molecular weight excluding hydrogens is 362 g/mol. The van der Waals surface area contributed by atoms with Crippen LogP contribution >= 0.6 is 0 Å². The number of rotatable bonds is 6. The molecule has 8 heteroatoms. The lowest BCUT2D eigenvalue weighted by Crippen LogP contribution is -2.49. The fourth-order valence-electron chi connectivity index (χ4n) is 2.98. The standard InChI is InChI=1S/C19H25N5O2S/c1-2-27(25,26)24-13-11-23(12-14-24)18-15-21-19(20)17(22-18)10-6-9-16-7-4-3-5-8-16/h3-9,15H,2,10-14H2,1H3,(H2,20,21). The maximum Gasteiger partial charge on any atom is 0.213 e. The molecule has 0 aliphatic carbocycles. The Bertz CT molecular complexity index is 892. The molecule has 27 heavy (non-hydrogen) atoms. The van der Waals surface area contributed by atoms with Crippen LogP contribution in [-0.4, -0.2) is 54.6 Å². The fraction of sp³-hybridized carbons (Fsp3) is 0.368. The van der Waals surface area contributed by atoms with Crippen molar-refractivity contribution in [1.29, 1.82) is 0 Å². The van der Waals surface area contributed by atoms with Crippen molar-refractivity contribution < 1.29 is 8.42 Å². The van der Waals surface area contributed by atoms with E-state index in [2.05, 4.69) is 14.9 Å². The summed E-state index contributed by atoms with van der Waals surface area (Å²) in [7, 11) is -3.14. The van der Waals surface area contributed by atoms with Crippen LogP contribution in [0.1, 0.15) is 18.2 Å². The fourth-order valence-corrected chi connectivity index (χ4v) is 4.06. The first-order valence-electron chi connectivity index (χ1n) is 9.05. The molecule has 1 aromatic carbocycles. The molecule has 1 aromatic heterocycles. The average Bonchev–Trinajstić information content (AvgIpc) is 2.70. The first kappa shape index (κ1) is 19.3. The number of nitrogens with zero attached hydrogens (tertiary/aromatic N) is 4. The van der Waals surface area contributed by atoms with Gasteiger partial charge in [0.15, 0.2) is 0 Å². The molecule has 2 N–H and O–H groups in total. The summed E-state index contributed by atoms with van der Waals surface area (Å²) in [5.41, 5.74) is 7.83. The van der Waals surface area contributed by atoms with Crippen molar-refractivity contribution in [3.63, 3.8) is 0 Å². The van der Waals surface area contributed by atoms with Gasteiger partial charge < -0.3 is 10.6 Å². The van der Waals surface area contributed by atoms with Crippen LogP contribution in [0.3, 0.4) is 0 Å². The normalized spacial score (nSPS) is 16.1. The molecule has 0 saturated carbocycles. The van der Waals surface area contributed by atoms with Gasteiger partial charge in [0.05, 0.1) is 17.6 Å². The number of nitrogen functional groups attached to an aromatic ring is 1. The number of aromatic nitrogens is 2. The zero-order chi connectivity index (χ0) is 19.3. The van der Waals surface area contributed by atoms with Gasteiger partial charge in [0.25, 0.3) is 0 Å². The van der Waals surface area contributed by atoms with Gasteiger partial charge >= 0.3 is 0 Å². The van der Waals surface area contributed by atoms with Gasteiger partial charge in [0.2, 0.25) is 10.0 Å². The van der Waals surface area contributed by atoms with Gasteiger partial charge in [-0.1, -0.05) is 42.5 Å². The highest BCUT2D eigenvalue weighted by atomic mass is 32.2. The summed E-state index contributed by atoms with van der Waals surface area (Å²) in [5, 5.41) is 0. The minimum Gasteiger partial charge on any atom is -0.382 e. The van der Waals surface area contributed by atoms with Gasteiger partial charge in [-0.3, -0.25) is 0 Å². The summed E-state index contributed by atoms with van der Waals surface area (Å²) in [4.78, 5) is 11.0. The molecule has 2 heterocycles. The molecule has 3 rings (SSSR count). The van der Waals surface area contributed by atoms with Crippen molar-refractivity contribution >= 4 is 27.7 Å². The summed E-state index contributed by atoms with van der Waals surface area (Å²) in [6.45, 7) is 3.79. The van der Waals surface area contributed by atoms with E-state index in [-0.39, 0.29) is 5.75 Å². The van der Waals surface area contributed by atoms with Gasteiger partial charge in [-0.15, -0.1) is 0 Å². The van der Waals surface area contributed by atoms with E-state index in [1.54, 1.807) is 13.1 Å². The Hall–Kier alpha value is -2.45. The summed E-state index contributed by atoms with van der Waals surface area (Å²) < 4.78 is 25.5. The molecule has 1 saturated heterocycles. The van der Waals surface area contributed by atoms with E-state index in [0.29, 0.717) is 38.4 Å². The molecule has 0 unspecified atom stereocenters. The van der Waals surface area contributed by atoms with E-state index in [4.69, 9.17) is 5.73 Å². The van der Waals surface area contributed by atoms with Crippen LogP contribution in [0.2, 0.25) is 0 Å². The van der Waals surface area contributed by atoms with Crippen LogP contribution in [0.25, 0.3) is 6.08 Å². The highest BCUT2D eigenvalue weighted by Gasteiger charge is 2.26. The lowest BCUT2D eigenvalue weighted by molar-refractivity contribution is 0.384. The van der Waals surface area contributed by atoms with E-state index in [1.165, 1.54) is 4.31 Å². The second kappa shape index (κ2) is 8.49. The monoisotopic (exact) mass is 387 g/mol. The third kappa shape index (κ3) is 4.84. The molecule has 1 fully saturated rings. The second-order valence-electron chi connectivity index (χ2n) is 6.36. The van der Waals surface area contributed by atoms with Crippen LogP contribution in [0.15, 0.2) is 42.6 Å². The third-order valence-electron chi connectivity index (χ3n) is 4.61. The highest BCUT2D eigenvalue weighted by Crippen LogP contribution is 2.18.